The van der Waals surface area contributed by atoms with E-state index in [1.807, 2.05) is 30.3 Å². The van der Waals surface area contributed by atoms with Crippen LogP contribution < -0.4 is 5.32 Å². The van der Waals surface area contributed by atoms with Crippen LogP contribution in [0.2, 0.25) is 0 Å². The number of benzene rings is 1. The Labute approximate surface area is 113 Å². The van der Waals surface area contributed by atoms with Gasteiger partial charge in [-0.3, -0.25) is 9.78 Å². The minimum absolute atomic E-state index is 0.0156. The van der Waals surface area contributed by atoms with Gasteiger partial charge >= 0.3 is 0 Å². The molecule has 98 valence electrons. The Hall–Kier alpha value is -2.16. The lowest BCUT2D eigenvalue weighted by molar-refractivity contribution is 0.0925. The molecule has 0 saturated heterocycles. The zero-order valence-corrected chi connectivity index (χ0v) is 11.2. The van der Waals surface area contributed by atoms with Crippen LogP contribution in [0.5, 0.6) is 0 Å². The highest BCUT2D eigenvalue weighted by atomic mass is 16.1. The molecular weight excluding hydrogens is 236 g/mol. The van der Waals surface area contributed by atoms with Crippen molar-refractivity contribution in [3.05, 3.63) is 66.0 Å². The van der Waals surface area contributed by atoms with E-state index in [1.54, 1.807) is 24.5 Å². The first-order valence-electron chi connectivity index (χ1n) is 6.44. The van der Waals surface area contributed by atoms with Gasteiger partial charge in [-0.05, 0) is 23.6 Å². The summed E-state index contributed by atoms with van der Waals surface area (Å²) < 4.78 is 0. The normalized spacial score (nSPS) is 12.2. The van der Waals surface area contributed by atoms with Gasteiger partial charge in [-0.25, -0.2) is 0 Å². The van der Waals surface area contributed by atoms with Crippen LogP contribution in [0.25, 0.3) is 0 Å². The van der Waals surface area contributed by atoms with E-state index in [2.05, 4.69) is 24.1 Å². The number of hydrogen-bond acceptors (Lipinski definition) is 2. The average molecular weight is 254 g/mol. The molecule has 1 aromatic carbocycles. The molecule has 0 saturated carbocycles. The third kappa shape index (κ3) is 3.41. The lowest BCUT2D eigenvalue weighted by atomic mass is 9.96. The fraction of sp³-hybridized carbons (Fsp3) is 0.250. The Balaban J connectivity index is 2.17. The van der Waals surface area contributed by atoms with Gasteiger partial charge in [-0.1, -0.05) is 44.2 Å². The van der Waals surface area contributed by atoms with Gasteiger partial charge in [-0.15, -0.1) is 0 Å². The molecule has 2 aromatic rings. The van der Waals surface area contributed by atoms with E-state index in [4.69, 9.17) is 0 Å². The first-order valence-corrected chi connectivity index (χ1v) is 6.44. The first-order chi connectivity index (χ1) is 9.18. The van der Waals surface area contributed by atoms with Gasteiger partial charge in [0, 0.05) is 18.0 Å². The molecule has 1 aromatic heterocycles. The third-order valence-corrected chi connectivity index (χ3v) is 3.05. The van der Waals surface area contributed by atoms with Crippen molar-refractivity contribution in [3.63, 3.8) is 0 Å². The van der Waals surface area contributed by atoms with E-state index < -0.39 is 0 Å². The zero-order chi connectivity index (χ0) is 13.7. The van der Waals surface area contributed by atoms with Gasteiger partial charge in [0.05, 0.1) is 6.04 Å². The summed E-state index contributed by atoms with van der Waals surface area (Å²) in [6.07, 6.45) is 3.25. The number of carbonyl (C=O) groups excluding carboxylic acids is 1. The molecule has 0 aliphatic heterocycles. The fourth-order valence-electron chi connectivity index (χ4n) is 2.02. The van der Waals surface area contributed by atoms with Crippen molar-refractivity contribution in [2.75, 3.05) is 0 Å². The van der Waals surface area contributed by atoms with Crippen LogP contribution in [0.4, 0.5) is 0 Å². The molecule has 19 heavy (non-hydrogen) atoms. The minimum atomic E-state index is -0.0649. The van der Waals surface area contributed by atoms with Gasteiger partial charge < -0.3 is 5.32 Å². The van der Waals surface area contributed by atoms with E-state index in [0.29, 0.717) is 11.5 Å². The minimum Gasteiger partial charge on any atom is -0.345 e. The highest BCUT2D eigenvalue weighted by Crippen LogP contribution is 2.21. The largest absolute Gasteiger partial charge is 0.345 e. The summed E-state index contributed by atoms with van der Waals surface area (Å²) in [5.74, 6) is 0.262. The molecule has 3 heteroatoms. The van der Waals surface area contributed by atoms with Gasteiger partial charge in [0.1, 0.15) is 0 Å². The van der Waals surface area contributed by atoms with Crippen molar-refractivity contribution in [2.24, 2.45) is 5.92 Å². The number of rotatable bonds is 4. The van der Waals surface area contributed by atoms with Crippen LogP contribution in [0.1, 0.15) is 35.8 Å². The molecule has 0 aliphatic carbocycles. The molecule has 0 radical (unpaired) electrons. The Morgan fingerprint density at radius 2 is 1.68 bits per heavy atom. The molecule has 0 aliphatic rings. The zero-order valence-electron chi connectivity index (χ0n) is 11.2. The number of amides is 1. The molecular formula is C16H18N2O. The SMILES string of the molecule is CC(C)C(NC(=O)c1ccncc1)c1ccccc1. The molecule has 1 N–H and O–H groups in total. The van der Waals surface area contributed by atoms with Crippen LogP contribution >= 0.6 is 0 Å². The predicted octanol–water partition coefficient (Wildman–Crippen LogP) is 3.21. The molecule has 1 amide bonds. The highest BCUT2D eigenvalue weighted by Gasteiger charge is 2.18. The number of aromatic nitrogens is 1. The quantitative estimate of drug-likeness (QED) is 0.910. The average Bonchev–Trinajstić information content (AvgIpc) is 2.46. The molecule has 1 unspecified atom stereocenters. The van der Waals surface area contributed by atoms with Gasteiger partial charge in [0.25, 0.3) is 5.91 Å². The summed E-state index contributed by atoms with van der Waals surface area (Å²) in [6.45, 7) is 4.20. The maximum absolute atomic E-state index is 12.2. The summed E-state index contributed by atoms with van der Waals surface area (Å²) in [4.78, 5) is 16.1. The van der Waals surface area contributed by atoms with Gasteiger partial charge in [0.15, 0.2) is 0 Å². The summed E-state index contributed by atoms with van der Waals surface area (Å²) in [6, 6.07) is 13.5. The summed E-state index contributed by atoms with van der Waals surface area (Å²) in [5.41, 5.74) is 1.76. The third-order valence-electron chi connectivity index (χ3n) is 3.05. The number of carbonyl (C=O) groups is 1. The monoisotopic (exact) mass is 254 g/mol. The van der Waals surface area contributed by atoms with E-state index >= 15 is 0 Å². The van der Waals surface area contributed by atoms with Crippen molar-refractivity contribution in [2.45, 2.75) is 19.9 Å². The Kier molecular flexibility index (Phi) is 4.29. The van der Waals surface area contributed by atoms with Crippen LogP contribution in [0, 0.1) is 5.92 Å². The lowest BCUT2D eigenvalue weighted by Gasteiger charge is -2.23. The molecule has 1 heterocycles. The second-order valence-electron chi connectivity index (χ2n) is 4.84. The van der Waals surface area contributed by atoms with E-state index in [0.717, 1.165) is 5.56 Å². The first kappa shape index (κ1) is 13.3. The Bertz CT molecular complexity index is 523. The summed E-state index contributed by atoms with van der Waals surface area (Å²) in [5, 5.41) is 3.08. The van der Waals surface area contributed by atoms with Crippen LogP contribution in [0.3, 0.4) is 0 Å². The topological polar surface area (TPSA) is 42.0 Å². The summed E-state index contributed by atoms with van der Waals surface area (Å²) in [7, 11) is 0. The molecule has 0 spiro atoms. The van der Waals surface area contributed by atoms with E-state index in [-0.39, 0.29) is 11.9 Å². The number of hydrogen-bond donors (Lipinski definition) is 1. The van der Waals surface area contributed by atoms with Gasteiger partial charge in [0.2, 0.25) is 0 Å². The molecule has 3 nitrogen and oxygen atoms in total. The highest BCUT2D eigenvalue weighted by molar-refractivity contribution is 5.94. The summed E-state index contributed by atoms with van der Waals surface area (Å²) >= 11 is 0. The molecule has 0 bridgehead atoms. The number of pyridine rings is 1. The van der Waals surface area contributed by atoms with Crippen molar-refractivity contribution in [1.29, 1.82) is 0 Å². The number of nitrogens with one attached hydrogen (secondary N) is 1. The predicted molar refractivity (Wildman–Crippen MR) is 75.7 cm³/mol. The van der Waals surface area contributed by atoms with Crippen molar-refractivity contribution in [3.8, 4) is 0 Å². The maximum atomic E-state index is 12.2. The van der Waals surface area contributed by atoms with Gasteiger partial charge in [-0.2, -0.15) is 0 Å². The van der Waals surface area contributed by atoms with Crippen molar-refractivity contribution >= 4 is 5.91 Å². The van der Waals surface area contributed by atoms with Crippen molar-refractivity contribution in [1.82, 2.24) is 10.3 Å². The second-order valence-corrected chi connectivity index (χ2v) is 4.84. The second kappa shape index (κ2) is 6.14. The number of nitrogens with zero attached hydrogens (tertiary/aromatic N) is 1. The lowest BCUT2D eigenvalue weighted by Crippen LogP contribution is -2.31. The molecule has 2 rings (SSSR count). The Morgan fingerprint density at radius 3 is 2.26 bits per heavy atom. The van der Waals surface area contributed by atoms with Crippen LogP contribution in [-0.4, -0.2) is 10.9 Å². The van der Waals surface area contributed by atoms with E-state index in [9.17, 15) is 4.79 Å². The Morgan fingerprint density at radius 1 is 1.05 bits per heavy atom. The van der Waals surface area contributed by atoms with Crippen LogP contribution in [-0.2, 0) is 0 Å². The van der Waals surface area contributed by atoms with E-state index in [1.165, 1.54) is 0 Å². The molecule has 0 fully saturated rings. The smallest absolute Gasteiger partial charge is 0.251 e. The van der Waals surface area contributed by atoms with Crippen LogP contribution in [0.15, 0.2) is 54.9 Å². The standard InChI is InChI=1S/C16H18N2O/c1-12(2)15(13-6-4-3-5-7-13)18-16(19)14-8-10-17-11-9-14/h3-12,15H,1-2H3,(H,18,19). The van der Waals surface area contributed by atoms with Crippen molar-refractivity contribution < 1.29 is 4.79 Å². The molecule has 1 atom stereocenters. The maximum Gasteiger partial charge on any atom is 0.251 e. The fourth-order valence-corrected chi connectivity index (χ4v) is 2.02.